The zero-order valence-electron chi connectivity index (χ0n) is 13.5. The molecule has 0 radical (unpaired) electrons. The van der Waals surface area contributed by atoms with Crippen molar-refractivity contribution >= 4 is 5.97 Å². The number of hydrogen-bond acceptors (Lipinski definition) is 5. The number of benzene rings is 1. The van der Waals surface area contributed by atoms with Gasteiger partial charge in [-0.1, -0.05) is 37.3 Å². The number of carbonyl (C=O) groups excluding carboxylic acids is 1. The standard InChI is InChI=1S/C17H26O5/c1-15(14-16-6-4-3-5-7-16)17(18)22-13-12-21-11-10-20-9-8-19-2/h3-7,15H,8-14H2,1-2H3/t15-/m0/s1. The van der Waals surface area contributed by atoms with Gasteiger partial charge < -0.3 is 18.9 Å². The van der Waals surface area contributed by atoms with Crippen molar-refractivity contribution in [3.63, 3.8) is 0 Å². The van der Waals surface area contributed by atoms with Crippen molar-refractivity contribution < 1.29 is 23.7 Å². The molecule has 22 heavy (non-hydrogen) atoms. The molecule has 0 bridgehead atoms. The molecular weight excluding hydrogens is 284 g/mol. The average Bonchev–Trinajstić information content (AvgIpc) is 2.54. The normalized spacial score (nSPS) is 12.1. The first-order valence-electron chi connectivity index (χ1n) is 7.59. The van der Waals surface area contributed by atoms with Crippen LogP contribution in [0.1, 0.15) is 12.5 Å². The molecule has 0 aliphatic heterocycles. The summed E-state index contributed by atoms with van der Waals surface area (Å²) >= 11 is 0. The predicted octanol–water partition coefficient (Wildman–Crippen LogP) is 2.09. The van der Waals surface area contributed by atoms with Gasteiger partial charge in [0.25, 0.3) is 0 Å². The minimum atomic E-state index is -0.191. The van der Waals surface area contributed by atoms with Crippen molar-refractivity contribution in [3.8, 4) is 0 Å². The van der Waals surface area contributed by atoms with Gasteiger partial charge in [0.1, 0.15) is 6.61 Å². The van der Waals surface area contributed by atoms with Gasteiger partial charge in [-0.25, -0.2) is 0 Å². The molecule has 0 fully saturated rings. The smallest absolute Gasteiger partial charge is 0.309 e. The molecule has 0 spiro atoms. The third kappa shape index (κ3) is 8.77. The van der Waals surface area contributed by atoms with Crippen LogP contribution in [0, 0.1) is 5.92 Å². The number of rotatable bonds is 12. The fourth-order valence-electron chi connectivity index (χ4n) is 1.86. The van der Waals surface area contributed by atoms with Gasteiger partial charge in [0.05, 0.1) is 39.0 Å². The van der Waals surface area contributed by atoms with Crippen LogP contribution < -0.4 is 0 Å². The fraction of sp³-hybridized carbons (Fsp3) is 0.588. The van der Waals surface area contributed by atoms with Gasteiger partial charge >= 0.3 is 5.97 Å². The number of methoxy groups -OCH3 is 1. The Labute approximate surface area is 132 Å². The molecule has 5 nitrogen and oxygen atoms in total. The lowest BCUT2D eigenvalue weighted by atomic mass is 10.0. The maximum atomic E-state index is 11.8. The van der Waals surface area contributed by atoms with Gasteiger partial charge in [0, 0.05) is 7.11 Å². The maximum Gasteiger partial charge on any atom is 0.309 e. The van der Waals surface area contributed by atoms with Gasteiger partial charge in [-0.05, 0) is 12.0 Å². The van der Waals surface area contributed by atoms with E-state index in [1.165, 1.54) is 0 Å². The van der Waals surface area contributed by atoms with Crippen molar-refractivity contribution in [1.29, 1.82) is 0 Å². The number of hydrogen-bond donors (Lipinski definition) is 0. The van der Waals surface area contributed by atoms with E-state index in [9.17, 15) is 4.79 Å². The minimum absolute atomic E-state index is 0.153. The molecule has 0 amide bonds. The van der Waals surface area contributed by atoms with E-state index in [4.69, 9.17) is 18.9 Å². The molecular formula is C17H26O5. The Morgan fingerprint density at radius 3 is 2.18 bits per heavy atom. The van der Waals surface area contributed by atoms with Crippen molar-refractivity contribution in [2.24, 2.45) is 5.92 Å². The molecule has 0 aliphatic rings. The first-order valence-corrected chi connectivity index (χ1v) is 7.59. The Bertz CT molecular complexity index is 393. The van der Waals surface area contributed by atoms with E-state index in [1.807, 2.05) is 37.3 Å². The summed E-state index contributed by atoms with van der Waals surface area (Å²) in [4.78, 5) is 11.8. The Morgan fingerprint density at radius 1 is 0.955 bits per heavy atom. The molecule has 5 heteroatoms. The number of esters is 1. The van der Waals surface area contributed by atoms with Crippen molar-refractivity contribution in [2.45, 2.75) is 13.3 Å². The van der Waals surface area contributed by atoms with Crippen LogP contribution in [0.2, 0.25) is 0 Å². The predicted molar refractivity (Wildman–Crippen MR) is 83.8 cm³/mol. The maximum absolute atomic E-state index is 11.8. The zero-order valence-corrected chi connectivity index (χ0v) is 13.5. The number of carbonyl (C=O) groups is 1. The second-order valence-electron chi connectivity index (χ2n) is 4.98. The van der Waals surface area contributed by atoms with Gasteiger partial charge in [-0.3, -0.25) is 4.79 Å². The quantitative estimate of drug-likeness (QED) is 0.437. The lowest BCUT2D eigenvalue weighted by molar-refractivity contribution is -0.149. The molecule has 124 valence electrons. The molecule has 0 aliphatic carbocycles. The van der Waals surface area contributed by atoms with E-state index in [1.54, 1.807) is 7.11 Å². The number of ether oxygens (including phenoxy) is 4. The largest absolute Gasteiger partial charge is 0.463 e. The molecule has 1 aromatic carbocycles. The van der Waals surface area contributed by atoms with E-state index in [-0.39, 0.29) is 18.5 Å². The molecule has 0 aromatic heterocycles. The van der Waals surface area contributed by atoms with Crippen molar-refractivity contribution in [2.75, 3.05) is 46.8 Å². The molecule has 1 atom stereocenters. The van der Waals surface area contributed by atoms with Crippen LogP contribution >= 0.6 is 0 Å². The van der Waals surface area contributed by atoms with E-state index >= 15 is 0 Å². The minimum Gasteiger partial charge on any atom is -0.463 e. The summed E-state index contributed by atoms with van der Waals surface area (Å²) in [6.45, 7) is 4.68. The van der Waals surface area contributed by atoms with Crippen LogP contribution in [0.3, 0.4) is 0 Å². The Kier molecular flexibility index (Phi) is 10.3. The lowest BCUT2D eigenvalue weighted by Gasteiger charge is -2.12. The molecule has 0 N–H and O–H groups in total. The highest BCUT2D eigenvalue weighted by molar-refractivity contribution is 5.72. The van der Waals surface area contributed by atoms with Crippen LogP contribution in [0.5, 0.6) is 0 Å². The lowest BCUT2D eigenvalue weighted by Crippen LogP contribution is -2.20. The molecule has 0 saturated carbocycles. The van der Waals surface area contributed by atoms with Crippen LogP contribution in [-0.4, -0.2) is 52.7 Å². The second kappa shape index (κ2) is 12.1. The van der Waals surface area contributed by atoms with Gasteiger partial charge in [-0.2, -0.15) is 0 Å². The summed E-state index contributed by atoms with van der Waals surface area (Å²) in [6, 6.07) is 9.92. The average molecular weight is 310 g/mol. The molecule has 0 saturated heterocycles. The summed E-state index contributed by atoms with van der Waals surface area (Å²) in [5, 5.41) is 0. The van der Waals surface area contributed by atoms with Crippen molar-refractivity contribution in [1.82, 2.24) is 0 Å². The van der Waals surface area contributed by atoms with E-state index in [2.05, 4.69) is 0 Å². The first kappa shape index (κ1) is 18.6. The zero-order chi connectivity index (χ0) is 16.0. The molecule has 0 heterocycles. The Hall–Kier alpha value is -1.43. The SMILES string of the molecule is COCCOCCOCCOC(=O)[C@@H](C)Cc1ccccc1. The summed E-state index contributed by atoms with van der Waals surface area (Å²) in [5.41, 5.74) is 1.14. The summed E-state index contributed by atoms with van der Waals surface area (Å²) in [6.07, 6.45) is 0.688. The monoisotopic (exact) mass is 310 g/mol. The first-order chi connectivity index (χ1) is 10.7. The Morgan fingerprint density at radius 2 is 1.55 bits per heavy atom. The highest BCUT2D eigenvalue weighted by Crippen LogP contribution is 2.09. The van der Waals surface area contributed by atoms with Crippen LogP contribution in [-0.2, 0) is 30.2 Å². The summed E-state index contributed by atoms with van der Waals surface area (Å²) in [7, 11) is 1.63. The highest BCUT2D eigenvalue weighted by atomic mass is 16.6. The van der Waals surface area contributed by atoms with Gasteiger partial charge in [0.2, 0.25) is 0 Å². The van der Waals surface area contributed by atoms with E-state index in [0.29, 0.717) is 39.5 Å². The van der Waals surface area contributed by atoms with Crippen LogP contribution in [0.25, 0.3) is 0 Å². The van der Waals surface area contributed by atoms with Crippen molar-refractivity contribution in [3.05, 3.63) is 35.9 Å². The highest BCUT2D eigenvalue weighted by Gasteiger charge is 2.14. The summed E-state index contributed by atoms with van der Waals surface area (Å²) < 4.78 is 20.6. The molecule has 1 aromatic rings. The fourth-order valence-corrected chi connectivity index (χ4v) is 1.86. The Balaban J connectivity index is 2.01. The second-order valence-corrected chi connectivity index (χ2v) is 4.98. The third-order valence-corrected chi connectivity index (χ3v) is 3.06. The van der Waals surface area contributed by atoms with Crippen LogP contribution in [0.4, 0.5) is 0 Å². The third-order valence-electron chi connectivity index (χ3n) is 3.06. The van der Waals surface area contributed by atoms with Gasteiger partial charge in [-0.15, -0.1) is 0 Å². The molecule has 1 rings (SSSR count). The van der Waals surface area contributed by atoms with Crippen LogP contribution in [0.15, 0.2) is 30.3 Å². The topological polar surface area (TPSA) is 54.0 Å². The van der Waals surface area contributed by atoms with Gasteiger partial charge in [0.15, 0.2) is 0 Å². The van der Waals surface area contributed by atoms with E-state index in [0.717, 1.165) is 5.56 Å². The molecule has 0 unspecified atom stereocenters. The van der Waals surface area contributed by atoms with E-state index < -0.39 is 0 Å². The summed E-state index contributed by atoms with van der Waals surface area (Å²) in [5.74, 6) is -0.344.